The van der Waals surface area contributed by atoms with Crippen molar-refractivity contribution < 1.29 is 9.90 Å². The molecule has 0 bridgehead atoms. The summed E-state index contributed by atoms with van der Waals surface area (Å²) in [6.45, 7) is 2.05. The summed E-state index contributed by atoms with van der Waals surface area (Å²) in [5, 5.41) is 9.52. The Bertz CT molecular complexity index is 580. The van der Waals surface area contributed by atoms with Crippen LogP contribution in [0.15, 0.2) is 28.9 Å². The van der Waals surface area contributed by atoms with Crippen molar-refractivity contribution in [1.82, 2.24) is 4.98 Å². The SMILES string of the molecule is Cc1ccc(Br)cc1-c1cnc(CCC(=O)O)s1. The molecule has 0 aliphatic carbocycles. The van der Waals surface area contributed by atoms with Crippen molar-refractivity contribution in [3.05, 3.63) is 39.4 Å². The van der Waals surface area contributed by atoms with Crippen molar-refractivity contribution in [2.75, 3.05) is 0 Å². The van der Waals surface area contributed by atoms with E-state index in [0.717, 1.165) is 19.9 Å². The molecule has 94 valence electrons. The van der Waals surface area contributed by atoms with Crippen LogP contribution in [0.1, 0.15) is 17.0 Å². The highest BCUT2D eigenvalue weighted by Crippen LogP contribution is 2.31. The first kappa shape index (κ1) is 13.2. The van der Waals surface area contributed by atoms with Gasteiger partial charge in [0.15, 0.2) is 0 Å². The molecule has 2 aromatic rings. The topological polar surface area (TPSA) is 50.2 Å². The second kappa shape index (κ2) is 5.63. The molecule has 1 aromatic heterocycles. The van der Waals surface area contributed by atoms with Crippen molar-refractivity contribution in [2.45, 2.75) is 19.8 Å². The number of carbonyl (C=O) groups is 1. The highest BCUT2D eigenvalue weighted by Gasteiger charge is 2.08. The van der Waals surface area contributed by atoms with Gasteiger partial charge in [0.2, 0.25) is 0 Å². The Hall–Kier alpha value is -1.20. The number of halogens is 1. The number of aliphatic carboxylic acids is 1. The van der Waals surface area contributed by atoms with E-state index in [9.17, 15) is 4.79 Å². The van der Waals surface area contributed by atoms with E-state index in [1.165, 1.54) is 5.56 Å². The summed E-state index contributed by atoms with van der Waals surface area (Å²) in [5.41, 5.74) is 2.33. The Morgan fingerprint density at radius 2 is 2.28 bits per heavy atom. The maximum atomic E-state index is 10.5. The van der Waals surface area contributed by atoms with Crippen molar-refractivity contribution in [1.29, 1.82) is 0 Å². The Morgan fingerprint density at radius 1 is 1.50 bits per heavy atom. The van der Waals surface area contributed by atoms with Crippen molar-refractivity contribution in [3.63, 3.8) is 0 Å². The van der Waals surface area contributed by atoms with Gasteiger partial charge in [-0.2, -0.15) is 0 Å². The van der Waals surface area contributed by atoms with Crippen LogP contribution in [0.2, 0.25) is 0 Å². The molecule has 0 atom stereocenters. The average Bonchev–Trinajstić information content (AvgIpc) is 2.78. The molecular weight excluding hydrogens is 314 g/mol. The zero-order valence-corrected chi connectivity index (χ0v) is 12.2. The average molecular weight is 326 g/mol. The van der Waals surface area contributed by atoms with Crippen molar-refractivity contribution in [3.8, 4) is 10.4 Å². The van der Waals surface area contributed by atoms with Crippen LogP contribution in [0.25, 0.3) is 10.4 Å². The largest absolute Gasteiger partial charge is 0.481 e. The third kappa shape index (κ3) is 3.17. The Balaban J connectivity index is 2.23. The number of hydrogen-bond acceptors (Lipinski definition) is 3. The van der Waals surface area contributed by atoms with Crippen molar-refractivity contribution >= 4 is 33.2 Å². The predicted octanol–water partition coefficient (Wildman–Crippen LogP) is 3.90. The highest BCUT2D eigenvalue weighted by atomic mass is 79.9. The summed E-state index contributed by atoms with van der Waals surface area (Å²) in [6, 6.07) is 6.12. The van der Waals surface area contributed by atoms with E-state index in [4.69, 9.17) is 5.11 Å². The van der Waals surface area contributed by atoms with Crippen LogP contribution in [-0.2, 0) is 11.2 Å². The maximum absolute atomic E-state index is 10.5. The fourth-order valence-corrected chi connectivity index (χ4v) is 2.98. The summed E-state index contributed by atoms with van der Waals surface area (Å²) >= 11 is 5.01. The summed E-state index contributed by atoms with van der Waals surface area (Å²) in [4.78, 5) is 15.9. The normalized spacial score (nSPS) is 10.6. The summed E-state index contributed by atoms with van der Waals surface area (Å²) in [7, 11) is 0. The molecular formula is C13H12BrNO2S. The van der Waals surface area contributed by atoms with Gasteiger partial charge in [0, 0.05) is 17.1 Å². The second-order valence-corrected chi connectivity index (χ2v) is 6.00. The Kier molecular flexibility index (Phi) is 4.14. The molecule has 0 radical (unpaired) electrons. The molecule has 0 spiro atoms. The van der Waals surface area contributed by atoms with Crippen LogP contribution in [0, 0.1) is 6.92 Å². The van der Waals surface area contributed by atoms with E-state index < -0.39 is 5.97 Å². The molecule has 0 amide bonds. The van der Waals surface area contributed by atoms with Gasteiger partial charge >= 0.3 is 5.97 Å². The molecule has 3 nitrogen and oxygen atoms in total. The molecule has 0 saturated heterocycles. The minimum Gasteiger partial charge on any atom is -0.481 e. The van der Waals surface area contributed by atoms with E-state index in [2.05, 4.69) is 40.0 Å². The van der Waals surface area contributed by atoms with Gasteiger partial charge in [-0.05, 0) is 30.2 Å². The number of carboxylic acid groups (broad SMARTS) is 1. The van der Waals surface area contributed by atoms with E-state index >= 15 is 0 Å². The van der Waals surface area contributed by atoms with Crippen molar-refractivity contribution in [2.24, 2.45) is 0 Å². The molecule has 1 aromatic carbocycles. The zero-order chi connectivity index (χ0) is 13.1. The zero-order valence-electron chi connectivity index (χ0n) is 9.81. The second-order valence-electron chi connectivity index (χ2n) is 3.97. The van der Waals surface area contributed by atoms with Gasteiger partial charge < -0.3 is 5.11 Å². The first-order chi connectivity index (χ1) is 8.56. The van der Waals surface area contributed by atoms with Crippen LogP contribution in [-0.4, -0.2) is 16.1 Å². The van der Waals surface area contributed by atoms with E-state index in [1.54, 1.807) is 11.3 Å². The fourth-order valence-electron chi connectivity index (χ4n) is 1.62. The van der Waals surface area contributed by atoms with Gasteiger partial charge in [-0.3, -0.25) is 4.79 Å². The molecule has 5 heteroatoms. The van der Waals surface area contributed by atoms with Gasteiger partial charge in [-0.15, -0.1) is 11.3 Å². The first-order valence-electron chi connectivity index (χ1n) is 5.49. The third-order valence-electron chi connectivity index (χ3n) is 2.57. The van der Waals surface area contributed by atoms with Gasteiger partial charge in [0.1, 0.15) is 0 Å². The van der Waals surface area contributed by atoms with Crippen LogP contribution in [0.3, 0.4) is 0 Å². The number of aromatic nitrogens is 1. The molecule has 18 heavy (non-hydrogen) atoms. The lowest BCUT2D eigenvalue weighted by molar-refractivity contribution is -0.136. The predicted molar refractivity (Wildman–Crippen MR) is 75.9 cm³/mol. The number of thiazole rings is 1. The first-order valence-corrected chi connectivity index (χ1v) is 7.10. The minimum atomic E-state index is -0.787. The van der Waals surface area contributed by atoms with E-state index in [1.807, 2.05) is 12.3 Å². The quantitative estimate of drug-likeness (QED) is 0.927. The molecule has 0 aliphatic heterocycles. The van der Waals surface area contributed by atoms with E-state index in [-0.39, 0.29) is 6.42 Å². The lowest BCUT2D eigenvalue weighted by Gasteiger charge is -2.02. The highest BCUT2D eigenvalue weighted by molar-refractivity contribution is 9.10. The minimum absolute atomic E-state index is 0.129. The number of rotatable bonds is 4. The fraction of sp³-hybridized carbons (Fsp3) is 0.231. The molecule has 0 saturated carbocycles. The molecule has 1 heterocycles. The summed E-state index contributed by atoms with van der Waals surface area (Å²) in [5.74, 6) is -0.787. The maximum Gasteiger partial charge on any atom is 0.303 e. The smallest absolute Gasteiger partial charge is 0.303 e. The van der Waals surface area contributed by atoms with Gasteiger partial charge in [-0.25, -0.2) is 4.98 Å². The monoisotopic (exact) mass is 325 g/mol. The van der Waals surface area contributed by atoms with Crippen LogP contribution in [0.4, 0.5) is 0 Å². The van der Waals surface area contributed by atoms with Gasteiger partial charge in [0.25, 0.3) is 0 Å². The molecule has 0 unspecified atom stereocenters. The Labute approximate surface area is 118 Å². The van der Waals surface area contributed by atoms with E-state index in [0.29, 0.717) is 6.42 Å². The number of aryl methyl sites for hydroxylation is 2. The van der Waals surface area contributed by atoms with Gasteiger partial charge in [0.05, 0.1) is 16.3 Å². The van der Waals surface area contributed by atoms with Gasteiger partial charge in [-0.1, -0.05) is 22.0 Å². The lowest BCUT2D eigenvalue weighted by Crippen LogP contribution is -1.96. The molecule has 0 aliphatic rings. The third-order valence-corrected chi connectivity index (χ3v) is 4.16. The molecule has 1 N–H and O–H groups in total. The number of nitrogens with zero attached hydrogens (tertiary/aromatic N) is 1. The Morgan fingerprint density at radius 3 is 3.00 bits per heavy atom. The number of hydrogen-bond donors (Lipinski definition) is 1. The summed E-state index contributed by atoms with van der Waals surface area (Å²) in [6.07, 6.45) is 2.44. The van der Waals surface area contributed by atoms with Crippen LogP contribution >= 0.6 is 27.3 Å². The van der Waals surface area contributed by atoms with Crippen LogP contribution in [0.5, 0.6) is 0 Å². The lowest BCUT2D eigenvalue weighted by atomic mass is 10.1. The number of benzene rings is 1. The summed E-state index contributed by atoms with van der Waals surface area (Å²) < 4.78 is 1.03. The number of carboxylic acids is 1. The standard InChI is InChI=1S/C13H12BrNO2S/c1-8-2-3-9(14)6-10(8)11-7-15-12(18-11)4-5-13(16)17/h2-3,6-7H,4-5H2,1H3,(H,16,17). The van der Waals surface area contributed by atoms with Crippen LogP contribution < -0.4 is 0 Å². The molecule has 2 rings (SSSR count). The molecule has 0 fully saturated rings.